The minimum atomic E-state index is -3.99. The maximum absolute atomic E-state index is 14.4. The summed E-state index contributed by atoms with van der Waals surface area (Å²) < 4.78 is 58.0. The number of hydrogen-bond acceptors (Lipinski definition) is 4. The molecule has 39 heavy (non-hydrogen) atoms. The van der Waals surface area contributed by atoms with Crippen LogP contribution in [0.2, 0.25) is 0 Å². The van der Waals surface area contributed by atoms with Gasteiger partial charge in [0.05, 0.1) is 10.6 Å². The Morgan fingerprint density at radius 1 is 0.872 bits per heavy atom. The second-order valence-electron chi connectivity index (χ2n) is 9.91. The van der Waals surface area contributed by atoms with Crippen LogP contribution in [0.4, 0.5) is 14.5 Å². The molecule has 0 unspecified atom stereocenters. The average Bonchev–Trinajstić information content (AvgIpc) is 2.94. The third-order valence-corrected chi connectivity index (χ3v) is 8.87. The van der Waals surface area contributed by atoms with Gasteiger partial charge in [0.1, 0.15) is 0 Å². The zero-order chi connectivity index (χ0) is 28.0. The van der Waals surface area contributed by atoms with Gasteiger partial charge < -0.3 is 4.90 Å². The number of halogens is 2. The summed E-state index contributed by atoms with van der Waals surface area (Å²) in [5, 5.41) is 0. The topological polar surface area (TPSA) is 60.9 Å². The third-order valence-electron chi connectivity index (χ3n) is 7.01. The highest BCUT2D eigenvalue weighted by Gasteiger charge is 2.29. The van der Waals surface area contributed by atoms with Crippen LogP contribution >= 0.6 is 0 Å². The molecule has 4 rings (SSSR count). The largest absolute Gasteiger partial charge is 0.312 e. The van der Waals surface area contributed by atoms with E-state index in [2.05, 4.69) is 11.8 Å². The summed E-state index contributed by atoms with van der Waals surface area (Å²) >= 11 is 0. The molecule has 0 saturated heterocycles. The lowest BCUT2D eigenvalue weighted by Crippen LogP contribution is -2.38. The van der Waals surface area contributed by atoms with Crippen molar-refractivity contribution in [3.63, 3.8) is 0 Å². The number of sulfonamides is 1. The third kappa shape index (κ3) is 7.09. The monoisotopic (exact) mass is 555 g/mol. The predicted molar refractivity (Wildman–Crippen MR) is 149 cm³/mol. The Labute approximate surface area is 229 Å². The van der Waals surface area contributed by atoms with Gasteiger partial charge in [0.15, 0.2) is 11.6 Å². The second kappa shape index (κ2) is 12.8. The summed E-state index contributed by atoms with van der Waals surface area (Å²) in [5.41, 5.74) is 2.57. The van der Waals surface area contributed by atoms with Crippen LogP contribution in [0.25, 0.3) is 0 Å². The highest BCUT2D eigenvalue weighted by atomic mass is 32.2. The Morgan fingerprint density at radius 3 is 2.23 bits per heavy atom. The van der Waals surface area contributed by atoms with E-state index in [0.29, 0.717) is 32.6 Å². The molecule has 1 amide bonds. The lowest BCUT2D eigenvalue weighted by atomic mass is 10.1. The van der Waals surface area contributed by atoms with Gasteiger partial charge in [-0.15, -0.1) is 0 Å². The summed E-state index contributed by atoms with van der Waals surface area (Å²) in [4.78, 5) is 16.3. The Balaban J connectivity index is 1.75. The normalized spacial score (nSPS) is 15.9. The molecule has 0 radical (unpaired) electrons. The van der Waals surface area contributed by atoms with Gasteiger partial charge in [-0.05, 0) is 47.7 Å². The van der Waals surface area contributed by atoms with Crippen molar-refractivity contribution in [2.45, 2.75) is 51.1 Å². The Morgan fingerprint density at radius 2 is 1.56 bits per heavy atom. The number of benzene rings is 3. The van der Waals surface area contributed by atoms with E-state index in [1.165, 1.54) is 16.1 Å². The molecular formula is C30H35F2N3O3S. The molecule has 0 aromatic heterocycles. The van der Waals surface area contributed by atoms with Gasteiger partial charge in [-0.1, -0.05) is 55.8 Å². The van der Waals surface area contributed by atoms with Gasteiger partial charge in [-0.25, -0.2) is 17.2 Å². The van der Waals surface area contributed by atoms with Crippen molar-refractivity contribution in [3.05, 3.63) is 95.1 Å². The van der Waals surface area contributed by atoms with Crippen LogP contribution in [-0.4, -0.2) is 49.7 Å². The molecule has 0 fully saturated rings. The summed E-state index contributed by atoms with van der Waals surface area (Å²) in [6.07, 6.45) is 2.37. The highest BCUT2D eigenvalue weighted by Crippen LogP contribution is 2.29. The first-order valence-electron chi connectivity index (χ1n) is 13.3. The van der Waals surface area contributed by atoms with E-state index in [1.54, 1.807) is 12.1 Å². The Bertz CT molecular complexity index is 1380. The van der Waals surface area contributed by atoms with Crippen LogP contribution < -0.4 is 4.90 Å². The maximum Gasteiger partial charge on any atom is 0.243 e. The molecule has 208 valence electrons. The number of amides is 1. The number of carbonyl (C=O) groups excluding carboxylic acids is 1. The summed E-state index contributed by atoms with van der Waals surface area (Å²) in [5.74, 6) is -2.49. The number of hydrogen-bond donors (Lipinski definition) is 0. The van der Waals surface area contributed by atoms with Crippen molar-refractivity contribution in [2.75, 3.05) is 31.1 Å². The van der Waals surface area contributed by atoms with E-state index >= 15 is 0 Å². The zero-order valence-corrected chi connectivity index (χ0v) is 23.3. The van der Waals surface area contributed by atoms with Crippen molar-refractivity contribution in [3.8, 4) is 0 Å². The zero-order valence-electron chi connectivity index (χ0n) is 22.4. The maximum atomic E-state index is 14.4. The molecule has 1 heterocycles. The van der Waals surface area contributed by atoms with E-state index in [4.69, 9.17) is 0 Å². The average molecular weight is 556 g/mol. The molecule has 0 aliphatic carbocycles. The molecular weight excluding hydrogens is 520 g/mol. The second-order valence-corrected chi connectivity index (χ2v) is 11.9. The Kier molecular flexibility index (Phi) is 9.48. The van der Waals surface area contributed by atoms with Gasteiger partial charge in [-0.2, -0.15) is 4.31 Å². The molecule has 0 atom stereocenters. The molecule has 1 aliphatic rings. The van der Waals surface area contributed by atoms with E-state index < -0.39 is 21.7 Å². The van der Waals surface area contributed by atoms with Gasteiger partial charge in [0, 0.05) is 52.3 Å². The van der Waals surface area contributed by atoms with Crippen LogP contribution in [0.3, 0.4) is 0 Å². The Hall–Kier alpha value is -3.14. The standard InChI is InChI=1S/C30H35F2N3O3S/c1-3-8-24-11-13-27(14-12-24)39(37,38)34-18-17-33(21-25-9-5-4-6-10-25)15-7-16-35(23(2)36)30-20-29(32)28(31)19-26(30)22-34/h4-6,9-14,19-20H,3,7-8,15-18,21-22H2,1-2H3. The van der Waals surface area contributed by atoms with Crippen LogP contribution in [0.5, 0.6) is 0 Å². The summed E-state index contributed by atoms with van der Waals surface area (Å²) in [6, 6.07) is 18.7. The molecule has 0 bridgehead atoms. The fourth-order valence-corrected chi connectivity index (χ4v) is 6.37. The lowest BCUT2D eigenvalue weighted by Gasteiger charge is -2.27. The van der Waals surface area contributed by atoms with Crippen LogP contribution in [0.1, 0.15) is 43.4 Å². The molecule has 0 saturated carbocycles. The van der Waals surface area contributed by atoms with E-state index in [1.807, 2.05) is 42.5 Å². The smallest absolute Gasteiger partial charge is 0.243 e. The molecule has 0 spiro atoms. The molecule has 3 aromatic rings. The first kappa shape index (κ1) is 28.9. The molecule has 9 heteroatoms. The number of aryl methyl sites for hydroxylation is 1. The number of carbonyl (C=O) groups is 1. The van der Waals surface area contributed by atoms with E-state index in [9.17, 15) is 22.0 Å². The first-order valence-corrected chi connectivity index (χ1v) is 14.7. The number of rotatable bonds is 6. The van der Waals surface area contributed by atoms with E-state index in [-0.39, 0.29) is 35.1 Å². The van der Waals surface area contributed by atoms with Crippen molar-refractivity contribution < 1.29 is 22.0 Å². The number of fused-ring (bicyclic) bond motifs is 1. The molecule has 3 aromatic carbocycles. The first-order chi connectivity index (χ1) is 18.7. The van der Waals surface area contributed by atoms with Crippen LogP contribution in [-0.2, 0) is 34.3 Å². The summed E-state index contributed by atoms with van der Waals surface area (Å²) in [7, 11) is -3.99. The predicted octanol–water partition coefficient (Wildman–Crippen LogP) is 5.37. The highest BCUT2D eigenvalue weighted by molar-refractivity contribution is 7.89. The fourth-order valence-electron chi connectivity index (χ4n) is 4.96. The number of anilines is 1. The molecule has 0 N–H and O–H groups in total. The minimum absolute atomic E-state index is 0.138. The van der Waals surface area contributed by atoms with Gasteiger partial charge >= 0.3 is 0 Å². The quantitative estimate of drug-likeness (QED) is 0.411. The van der Waals surface area contributed by atoms with Crippen molar-refractivity contribution >= 4 is 21.6 Å². The number of nitrogens with zero attached hydrogens (tertiary/aromatic N) is 3. The summed E-state index contributed by atoms with van der Waals surface area (Å²) in [6.45, 7) is 5.31. The van der Waals surface area contributed by atoms with Gasteiger partial charge in [0.25, 0.3) is 0 Å². The van der Waals surface area contributed by atoms with Crippen molar-refractivity contribution in [1.29, 1.82) is 0 Å². The lowest BCUT2D eigenvalue weighted by molar-refractivity contribution is -0.116. The van der Waals surface area contributed by atoms with E-state index in [0.717, 1.165) is 36.1 Å². The molecule has 1 aliphatic heterocycles. The van der Waals surface area contributed by atoms with Crippen molar-refractivity contribution in [2.24, 2.45) is 0 Å². The van der Waals surface area contributed by atoms with Crippen LogP contribution in [0, 0.1) is 11.6 Å². The van der Waals surface area contributed by atoms with Crippen LogP contribution in [0.15, 0.2) is 71.6 Å². The minimum Gasteiger partial charge on any atom is -0.312 e. The van der Waals surface area contributed by atoms with Gasteiger partial charge in [0.2, 0.25) is 15.9 Å². The fraction of sp³-hybridized carbons (Fsp3) is 0.367. The van der Waals surface area contributed by atoms with Crippen molar-refractivity contribution in [1.82, 2.24) is 9.21 Å². The van der Waals surface area contributed by atoms with Gasteiger partial charge in [-0.3, -0.25) is 9.69 Å². The molecule has 6 nitrogen and oxygen atoms in total. The SMILES string of the molecule is CCCc1ccc(S(=O)(=O)N2CCN(Cc3ccccc3)CCCN(C(C)=O)c3cc(F)c(F)cc3C2)cc1.